The molecule has 0 aromatic carbocycles. The summed E-state index contributed by atoms with van der Waals surface area (Å²) in [5.74, 6) is 0. The van der Waals surface area contributed by atoms with Gasteiger partial charge in [-0.15, -0.1) is 0 Å². The smallest absolute Gasteiger partial charge is 0.0518 e. The number of nitrogens with one attached hydrogen (secondary N) is 1. The molecule has 2 nitrogen and oxygen atoms in total. The van der Waals surface area contributed by atoms with Crippen LogP contribution in [0.25, 0.3) is 0 Å². The molecule has 0 saturated heterocycles. The van der Waals surface area contributed by atoms with Crippen LogP contribution in [-0.4, -0.2) is 18.5 Å². The number of aliphatic imine (C=N–C) groups is 1. The second-order valence-corrected chi connectivity index (χ2v) is 1.43. The molecule has 9 heavy (non-hydrogen) atoms. The number of hydrogen-bond acceptors (Lipinski definition) is 2. The molecule has 0 aromatic rings. The summed E-state index contributed by atoms with van der Waals surface area (Å²) >= 11 is 0. The molecule has 0 fully saturated rings. The van der Waals surface area contributed by atoms with Gasteiger partial charge in [0.05, 0.1) is 5.71 Å². The van der Waals surface area contributed by atoms with Gasteiger partial charge in [0.15, 0.2) is 0 Å². The van der Waals surface area contributed by atoms with Gasteiger partial charge in [-0.3, -0.25) is 4.99 Å². The third-order valence-corrected chi connectivity index (χ3v) is 0.878. The van der Waals surface area contributed by atoms with Crippen LogP contribution < -0.4 is 0 Å². The molecular weight excluding hydrogens is 112 g/mol. The summed E-state index contributed by atoms with van der Waals surface area (Å²) in [7, 11) is 1.69. The van der Waals surface area contributed by atoms with Gasteiger partial charge in [-0.1, -0.05) is 13.8 Å². The highest BCUT2D eigenvalue weighted by molar-refractivity contribution is 6.39. The number of rotatable bonds is 1. The van der Waals surface area contributed by atoms with Crippen molar-refractivity contribution < 1.29 is 0 Å². The van der Waals surface area contributed by atoms with Crippen molar-refractivity contribution in [3.8, 4) is 0 Å². The summed E-state index contributed by atoms with van der Waals surface area (Å²) in [5.41, 5.74) is 1.35. The van der Waals surface area contributed by atoms with Crippen molar-refractivity contribution in [2.75, 3.05) is 7.05 Å². The molecule has 1 N–H and O–H groups in total. The lowest BCUT2D eigenvalue weighted by Gasteiger charge is -1.88. The molecule has 0 radical (unpaired) electrons. The van der Waals surface area contributed by atoms with Crippen molar-refractivity contribution in [1.29, 1.82) is 5.41 Å². The zero-order chi connectivity index (χ0) is 7.86. The minimum atomic E-state index is 0.544. The van der Waals surface area contributed by atoms with E-state index in [4.69, 9.17) is 5.41 Å². The Balaban J connectivity index is 0. The molecule has 0 aliphatic carbocycles. The molecule has 0 bridgehead atoms. The molecule has 0 heterocycles. The molecular formula is C7H16N2. The van der Waals surface area contributed by atoms with E-state index < -0.39 is 0 Å². The van der Waals surface area contributed by atoms with Gasteiger partial charge < -0.3 is 5.41 Å². The van der Waals surface area contributed by atoms with Gasteiger partial charge in [0.25, 0.3) is 0 Å². The van der Waals surface area contributed by atoms with E-state index in [1.807, 2.05) is 20.8 Å². The fourth-order valence-corrected chi connectivity index (χ4v) is 0.168. The van der Waals surface area contributed by atoms with Crippen molar-refractivity contribution >= 4 is 11.4 Å². The van der Waals surface area contributed by atoms with Gasteiger partial charge in [0.2, 0.25) is 0 Å². The second-order valence-electron chi connectivity index (χ2n) is 1.43. The van der Waals surface area contributed by atoms with Crippen LogP contribution in [0.5, 0.6) is 0 Å². The molecule has 0 unspecified atom stereocenters. The molecule has 54 valence electrons. The zero-order valence-corrected chi connectivity index (χ0v) is 6.95. The Labute approximate surface area is 57.5 Å². The Morgan fingerprint density at radius 2 is 1.56 bits per heavy atom. The third-order valence-electron chi connectivity index (χ3n) is 0.878. The highest BCUT2D eigenvalue weighted by Crippen LogP contribution is 1.75. The lowest BCUT2D eigenvalue weighted by atomic mass is 10.3. The summed E-state index contributed by atoms with van der Waals surface area (Å²) < 4.78 is 0. The van der Waals surface area contributed by atoms with Crippen molar-refractivity contribution in [1.82, 2.24) is 0 Å². The van der Waals surface area contributed by atoms with Gasteiger partial charge in [0, 0.05) is 12.8 Å². The van der Waals surface area contributed by atoms with Gasteiger partial charge in [-0.2, -0.15) is 0 Å². The first kappa shape index (κ1) is 11.2. The molecule has 0 rings (SSSR count). The fourth-order valence-electron chi connectivity index (χ4n) is 0.168. The Bertz CT molecular complexity index is 103. The fraction of sp³-hybridized carbons (Fsp3) is 0.714. The third kappa shape index (κ3) is 7.34. The van der Waals surface area contributed by atoms with Gasteiger partial charge in [0.1, 0.15) is 0 Å². The summed E-state index contributed by atoms with van der Waals surface area (Å²) in [6, 6.07) is 0. The standard InChI is InChI=1S/C5H10N2.C2H6/c1-4(6)5(2)7-3;1-2/h6H,1-3H3;1-2H3. The predicted molar refractivity (Wildman–Crippen MR) is 43.8 cm³/mol. The monoisotopic (exact) mass is 128 g/mol. The van der Waals surface area contributed by atoms with E-state index >= 15 is 0 Å². The van der Waals surface area contributed by atoms with Crippen molar-refractivity contribution in [2.24, 2.45) is 4.99 Å². The quantitative estimate of drug-likeness (QED) is 0.525. The molecule has 2 heteroatoms. The maximum Gasteiger partial charge on any atom is 0.0518 e. The highest BCUT2D eigenvalue weighted by atomic mass is 14.7. The maximum absolute atomic E-state index is 6.97. The van der Waals surface area contributed by atoms with E-state index in [1.54, 1.807) is 14.0 Å². The Morgan fingerprint density at radius 1 is 1.22 bits per heavy atom. The number of nitrogens with zero attached hydrogens (tertiary/aromatic N) is 1. The molecule has 0 saturated carbocycles. The van der Waals surface area contributed by atoms with E-state index in [0.29, 0.717) is 5.71 Å². The molecule has 0 aliphatic rings. The Morgan fingerprint density at radius 3 is 1.56 bits per heavy atom. The summed E-state index contributed by atoms with van der Waals surface area (Å²) in [6.07, 6.45) is 0. The topological polar surface area (TPSA) is 36.2 Å². The van der Waals surface area contributed by atoms with Crippen molar-refractivity contribution in [2.45, 2.75) is 27.7 Å². The lowest BCUT2D eigenvalue weighted by Crippen LogP contribution is -2.01. The molecule has 0 atom stereocenters. The molecule has 0 spiro atoms. The van der Waals surface area contributed by atoms with E-state index in [2.05, 4.69) is 4.99 Å². The molecule has 0 aromatic heterocycles. The van der Waals surface area contributed by atoms with Crippen LogP contribution in [0.1, 0.15) is 27.7 Å². The summed E-state index contributed by atoms with van der Waals surface area (Å²) in [4.78, 5) is 3.78. The first-order valence-electron chi connectivity index (χ1n) is 3.17. The summed E-state index contributed by atoms with van der Waals surface area (Å²) in [5, 5.41) is 6.97. The van der Waals surface area contributed by atoms with Gasteiger partial charge in [-0.25, -0.2) is 0 Å². The normalized spacial score (nSPS) is 9.67. The van der Waals surface area contributed by atoms with Gasteiger partial charge in [-0.05, 0) is 13.8 Å². The predicted octanol–water partition coefficient (Wildman–Crippen LogP) is 2.14. The lowest BCUT2D eigenvalue weighted by molar-refractivity contribution is 1.41. The zero-order valence-electron chi connectivity index (χ0n) is 6.95. The maximum atomic E-state index is 6.97. The van der Waals surface area contributed by atoms with Crippen LogP contribution in [0, 0.1) is 5.41 Å². The van der Waals surface area contributed by atoms with E-state index in [0.717, 1.165) is 5.71 Å². The SMILES string of the molecule is CC.CN=C(C)C(C)=N. The molecule has 0 amide bonds. The highest BCUT2D eigenvalue weighted by Gasteiger charge is 1.86. The Kier molecular flexibility index (Phi) is 9.12. The van der Waals surface area contributed by atoms with E-state index in [9.17, 15) is 0 Å². The molecule has 0 aliphatic heterocycles. The van der Waals surface area contributed by atoms with E-state index in [1.165, 1.54) is 0 Å². The average molecular weight is 128 g/mol. The van der Waals surface area contributed by atoms with Gasteiger partial charge >= 0.3 is 0 Å². The summed E-state index contributed by atoms with van der Waals surface area (Å²) in [6.45, 7) is 7.55. The number of hydrogen-bond donors (Lipinski definition) is 1. The van der Waals surface area contributed by atoms with Crippen molar-refractivity contribution in [3.05, 3.63) is 0 Å². The first-order valence-corrected chi connectivity index (χ1v) is 3.17. The average Bonchev–Trinajstić information content (AvgIpc) is 1.91. The van der Waals surface area contributed by atoms with Crippen LogP contribution in [0.15, 0.2) is 4.99 Å². The van der Waals surface area contributed by atoms with Crippen LogP contribution in [0.4, 0.5) is 0 Å². The Hall–Kier alpha value is -0.660. The largest absolute Gasteiger partial charge is 0.304 e. The van der Waals surface area contributed by atoms with Crippen LogP contribution in [-0.2, 0) is 0 Å². The van der Waals surface area contributed by atoms with Crippen molar-refractivity contribution in [3.63, 3.8) is 0 Å². The minimum absolute atomic E-state index is 0.544. The van der Waals surface area contributed by atoms with E-state index in [-0.39, 0.29) is 0 Å². The van der Waals surface area contributed by atoms with Crippen LogP contribution in [0.2, 0.25) is 0 Å². The second kappa shape index (κ2) is 7.34. The van der Waals surface area contributed by atoms with Crippen LogP contribution >= 0.6 is 0 Å². The first-order chi connectivity index (χ1) is 4.18. The van der Waals surface area contributed by atoms with Crippen LogP contribution in [0.3, 0.4) is 0 Å². The minimum Gasteiger partial charge on any atom is -0.304 e.